The van der Waals surface area contributed by atoms with Crippen LogP contribution >= 0.6 is 11.6 Å². The molecule has 0 unspecified atom stereocenters. The van der Waals surface area contributed by atoms with Gasteiger partial charge in [0.1, 0.15) is 18.1 Å². The zero-order valence-corrected chi connectivity index (χ0v) is 19.8. The summed E-state index contributed by atoms with van der Waals surface area (Å²) in [7, 11) is -3.94. The Morgan fingerprint density at radius 3 is 2.28 bits per heavy atom. The van der Waals surface area contributed by atoms with Gasteiger partial charge in [0.05, 0.1) is 10.5 Å². The summed E-state index contributed by atoms with van der Waals surface area (Å²) in [4.78, 5) is 19.3. The Labute approximate surface area is 192 Å². The van der Waals surface area contributed by atoms with Crippen LogP contribution in [-0.4, -0.2) is 31.0 Å². The lowest BCUT2D eigenvalue weighted by Crippen LogP contribution is -2.25. The van der Waals surface area contributed by atoms with Crippen LogP contribution in [0.5, 0.6) is 0 Å². The molecule has 0 aliphatic carbocycles. The Bertz CT molecular complexity index is 1230. The minimum Gasteiger partial charge on any atom is -0.465 e. The number of aryl methyl sites for hydroxylation is 1. The molecule has 168 valence electrons. The van der Waals surface area contributed by atoms with E-state index in [1.54, 1.807) is 12.1 Å². The SMILES string of the molecule is CC(=O)OCC(C)(C)c1ccc(S(=O)(=O)Nc2ncnc(Cl)c2-c2ccc(C)cc2)cc1. The molecule has 1 aromatic heterocycles. The third-order valence-corrected chi connectivity index (χ3v) is 6.60. The van der Waals surface area contributed by atoms with Crippen molar-refractivity contribution in [3.05, 3.63) is 71.1 Å². The minimum absolute atomic E-state index is 0.0640. The molecule has 7 nitrogen and oxygen atoms in total. The van der Waals surface area contributed by atoms with Crippen molar-refractivity contribution >= 4 is 33.4 Å². The van der Waals surface area contributed by atoms with Gasteiger partial charge in [-0.3, -0.25) is 9.52 Å². The van der Waals surface area contributed by atoms with Crippen LogP contribution in [0, 0.1) is 6.92 Å². The highest BCUT2D eigenvalue weighted by Crippen LogP contribution is 2.33. The number of nitrogens with zero attached hydrogens (tertiary/aromatic N) is 2. The van der Waals surface area contributed by atoms with Crippen LogP contribution in [0.3, 0.4) is 0 Å². The molecular formula is C23H24ClN3O4S. The number of nitrogens with one attached hydrogen (secondary N) is 1. The van der Waals surface area contributed by atoms with Crippen LogP contribution in [-0.2, 0) is 25.0 Å². The van der Waals surface area contributed by atoms with Gasteiger partial charge in [-0.15, -0.1) is 0 Å². The van der Waals surface area contributed by atoms with E-state index in [2.05, 4.69) is 14.7 Å². The fourth-order valence-electron chi connectivity index (χ4n) is 3.05. The first-order chi connectivity index (χ1) is 15.0. The van der Waals surface area contributed by atoms with Gasteiger partial charge in [-0.05, 0) is 30.2 Å². The number of sulfonamides is 1. The number of ether oxygens (including phenoxy) is 1. The fraction of sp³-hybridized carbons (Fsp3) is 0.261. The summed E-state index contributed by atoms with van der Waals surface area (Å²) in [5.74, 6) is -0.275. The van der Waals surface area contributed by atoms with Gasteiger partial charge in [0.25, 0.3) is 10.0 Å². The lowest BCUT2D eigenvalue weighted by atomic mass is 9.86. The van der Waals surface area contributed by atoms with Crippen molar-refractivity contribution in [2.24, 2.45) is 0 Å². The summed E-state index contributed by atoms with van der Waals surface area (Å²) in [6.07, 6.45) is 1.21. The lowest BCUT2D eigenvalue weighted by Gasteiger charge is -2.24. The van der Waals surface area contributed by atoms with Crippen molar-refractivity contribution in [3.8, 4) is 11.1 Å². The average molecular weight is 474 g/mol. The number of hydrogen-bond acceptors (Lipinski definition) is 6. The standard InChI is InChI=1S/C23H24ClN3O4S/c1-15-5-7-17(8-6-15)20-21(24)25-14-26-22(20)27-32(29,30)19-11-9-18(10-12-19)23(3,4)13-31-16(2)28/h5-12,14H,13H2,1-4H3,(H,25,26,27). The fourth-order valence-corrected chi connectivity index (χ4v) is 4.32. The minimum atomic E-state index is -3.94. The van der Waals surface area contributed by atoms with Crippen LogP contribution in [0.2, 0.25) is 5.15 Å². The van der Waals surface area contributed by atoms with Gasteiger partial charge in [0.2, 0.25) is 0 Å². The van der Waals surface area contributed by atoms with Crippen LogP contribution in [0.1, 0.15) is 31.9 Å². The van der Waals surface area contributed by atoms with Crippen molar-refractivity contribution in [2.75, 3.05) is 11.3 Å². The van der Waals surface area contributed by atoms with Crippen molar-refractivity contribution in [2.45, 2.75) is 38.0 Å². The molecule has 0 spiro atoms. The summed E-state index contributed by atoms with van der Waals surface area (Å²) < 4.78 is 33.7. The first-order valence-corrected chi connectivity index (χ1v) is 11.7. The summed E-state index contributed by atoms with van der Waals surface area (Å²) in [5, 5.41) is 0.143. The smallest absolute Gasteiger partial charge is 0.302 e. The molecule has 3 aromatic rings. The Balaban J connectivity index is 1.90. The molecule has 0 atom stereocenters. The summed E-state index contributed by atoms with van der Waals surface area (Å²) in [6.45, 7) is 7.31. The molecule has 0 radical (unpaired) electrons. The molecular weight excluding hydrogens is 450 g/mol. The van der Waals surface area contributed by atoms with Crippen molar-refractivity contribution in [1.82, 2.24) is 9.97 Å². The highest BCUT2D eigenvalue weighted by molar-refractivity contribution is 7.92. The Hall–Kier alpha value is -2.97. The van der Waals surface area contributed by atoms with E-state index in [0.717, 1.165) is 11.1 Å². The van der Waals surface area contributed by atoms with Gasteiger partial charge >= 0.3 is 5.97 Å². The summed E-state index contributed by atoms with van der Waals surface area (Å²) >= 11 is 6.28. The second-order valence-corrected chi connectivity index (χ2v) is 10.1. The van der Waals surface area contributed by atoms with Crippen molar-refractivity contribution < 1.29 is 17.9 Å². The van der Waals surface area contributed by atoms with Gasteiger partial charge in [0.15, 0.2) is 5.82 Å². The largest absolute Gasteiger partial charge is 0.465 e. The maximum Gasteiger partial charge on any atom is 0.302 e. The number of carbonyl (C=O) groups is 1. The number of anilines is 1. The zero-order chi connectivity index (χ0) is 23.5. The van der Waals surface area contributed by atoms with Crippen LogP contribution < -0.4 is 4.72 Å². The molecule has 1 N–H and O–H groups in total. The average Bonchev–Trinajstić information content (AvgIpc) is 2.73. The molecule has 1 heterocycles. The van der Waals surface area contributed by atoms with Gasteiger partial charge in [-0.2, -0.15) is 0 Å². The van der Waals surface area contributed by atoms with Crippen LogP contribution in [0.15, 0.2) is 59.8 Å². The first kappa shape index (κ1) is 23.7. The Kier molecular flexibility index (Phi) is 6.85. The maximum absolute atomic E-state index is 13.0. The normalized spacial score (nSPS) is 11.8. The first-order valence-electron chi connectivity index (χ1n) is 9.84. The molecule has 0 amide bonds. The van der Waals surface area contributed by atoms with Gasteiger partial charge in [-0.25, -0.2) is 18.4 Å². The van der Waals surface area contributed by atoms with E-state index in [1.165, 1.54) is 25.4 Å². The number of rotatable bonds is 7. The molecule has 3 rings (SSSR count). The molecule has 2 aromatic carbocycles. The topological polar surface area (TPSA) is 98.2 Å². The lowest BCUT2D eigenvalue weighted by molar-refractivity contribution is -0.142. The third kappa shape index (κ3) is 5.44. The second-order valence-electron chi connectivity index (χ2n) is 8.05. The van der Waals surface area contributed by atoms with E-state index >= 15 is 0 Å². The predicted octanol–water partition coefficient (Wildman–Crippen LogP) is 4.75. The predicted molar refractivity (Wildman–Crippen MR) is 124 cm³/mol. The number of carbonyl (C=O) groups excluding carboxylic acids is 1. The number of benzene rings is 2. The Morgan fingerprint density at radius 1 is 1.06 bits per heavy atom. The molecule has 0 saturated heterocycles. The molecule has 0 fully saturated rings. The van der Waals surface area contributed by atoms with E-state index < -0.39 is 15.4 Å². The molecule has 9 heteroatoms. The van der Waals surface area contributed by atoms with Crippen LogP contribution in [0.4, 0.5) is 5.82 Å². The van der Waals surface area contributed by atoms with Gasteiger partial charge < -0.3 is 4.74 Å². The second kappa shape index (κ2) is 9.26. The van der Waals surface area contributed by atoms with Crippen molar-refractivity contribution in [3.63, 3.8) is 0 Å². The molecule has 0 saturated carbocycles. The molecule has 0 aliphatic heterocycles. The molecule has 32 heavy (non-hydrogen) atoms. The van der Waals surface area contributed by atoms with E-state index in [-0.39, 0.29) is 28.4 Å². The van der Waals surface area contributed by atoms with Crippen molar-refractivity contribution in [1.29, 1.82) is 0 Å². The number of esters is 1. The number of aromatic nitrogens is 2. The van der Waals surface area contributed by atoms with Gasteiger partial charge in [0, 0.05) is 12.3 Å². The number of hydrogen-bond donors (Lipinski definition) is 1. The Morgan fingerprint density at radius 2 is 1.69 bits per heavy atom. The quantitative estimate of drug-likeness (QED) is 0.393. The summed E-state index contributed by atoms with van der Waals surface area (Å²) in [5.41, 5.74) is 2.52. The van der Waals surface area contributed by atoms with E-state index in [1.807, 2.05) is 45.0 Å². The highest BCUT2D eigenvalue weighted by atomic mass is 35.5. The number of halogens is 1. The van der Waals surface area contributed by atoms with Crippen LogP contribution in [0.25, 0.3) is 11.1 Å². The van der Waals surface area contributed by atoms with E-state index in [4.69, 9.17) is 16.3 Å². The van der Waals surface area contributed by atoms with E-state index in [9.17, 15) is 13.2 Å². The van der Waals surface area contributed by atoms with E-state index in [0.29, 0.717) is 11.1 Å². The molecule has 0 bridgehead atoms. The monoisotopic (exact) mass is 473 g/mol. The molecule has 0 aliphatic rings. The highest BCUT2D eigenvalue weighted by Gasteiger charge is 2.24. The zero-order valence-electron chi connectivity index (χ0n) is 18.2. The summed E-state index contributed by atoms with van der Waals surface area (Å²) in [6, 6.07) is 13.9. The van der Waals surface area contributed by atoms with Gasteiger partial charge in [-0.1, -0.05) is 67.4 Å². The third-order valence-electron chi connectivity index (χ3n) is 4.95. The maximum atomic E-state index is 13.0.